The molecule has 1 atom stereocenters. The molecule has 122 valence electrons. The summed E-state index contributed by atoms with van der Waals surface area (Å²) in [7, 11) is 0. The van der Waals surface area contributed by atoms with Gasteiger partial charge in [-0.2, -0.15) is 0 Å². The fourth-order valence-corrected chi connectivity index (χ4v) is 2.59. The highest BCUT2D eigenvalue weighted by Crippen LogP contribution is 2.43. The van der Waals surface area contributed by atoms with Crippen LogP contribution in [0.25, 0.3) is 0 Å². The molecule has 0 fully saturated rings. The molecule has 1 nitrogen and oxygen atoms in total. The van der Waals surface area contributed by atoms with Crippen LogP contribution in [0.3, 0.4) is 0 Å². The monoisotopic (exact) mass is 344 g/mol. The van der Waals surface area contributed by atoms with Gasteiger partial charge < -0.3 is 4.74 Å². The molecule has 0 heterocycles. The van der Waals surface area contributed by atoms with E-state index in [2.05, 4.69) is 6.58 Å². The van der Waals surface area contributed by atoms with Crippen LogP contribution in [0.4, 0.5) is 17.6 Å². The van der Waals surface area contributed by atoms with E-state index < -0.39 is 28.7 Å². The molecule has 23 heavy (non-hydrogen) atoms. The third-order valence-corrected chi connectivity index (χ3v) is 3.76. The Morgan fingerprint density at radius 3 is 2.39 bits per heavy atom. The Bertz CT molecular complexity index is 705. The summed E-state index contributed by atoms with van der Waals surface area (Å²) in [5.41, 5.74) is -0.952. The third-order valence-electron chi connectivity index (χ3n) is 3.24. The van der Waals surface area contributed by atoms with Gasteiger partial charge in [0.1, 0.15) is 0 Å². The van der Waals surface area contributed by atoms with Gasteiger partial charge in [-0.1, -0.05) is 54.1 Å². The van der Waals surface area contributed by atoms with Crippen molar-refractivity contribution in [2.45, 2.75) is 11.5 Å². The van der Waals surface area contributed by atoms with Crippen molar-refractivity contribution in [2.24, 2.45) is 0 Å². The SMILES string of the molecule is C=CCOC(Cl)(c1ccccc1C(F)F)c1cccc(F)c1F. The first kappa shape index (κ1) is 17.5. The van der Waals surface area contributed by atoms with Gasteiger partial charge in [-0.3, -0.25) is 0 Å². The molecule has 0 bridgehead atoms. The molecule has 2 rings (SSSR count). The van der Waals surface area contributed by atoms with Crippen LogP contribution in [0.1, 0.15) is 23.1 Å². The normalized spacial score (nSPS) is 13.8. The van der Waals surface area contributed by atoms with Crippen LogP contribution in [0.5, 0.6) is 0 Å². The van der Waals surface area contributed by atoms with E-state index in [0.29, 0.717) is 0 Å². The maximum absolute atomic E-state index is 14.2. The highest BCUT2D eigenvalue weighted by Gasteiger charge is 2.39. The molecule has 0 spiro atoms. The van der Waals surface area contributed by atoms with Crippen LogP contribution < -0.4 is 0 Å². The quantitative estimate of drug-likeness (QED) is 0.379. The molecule has 0 aliphatic carbocycles. The average Bonchev–Trinajstić information content (AvgIpc) is 2.55. The topological polar surface area (TPSA) is 9.23 Å². The molecule has 6 heteroatoms. The van der Waals surface area contributed by atoms with E-state index in [0.717, 1.165) is 12.1 Å². The Morgan fingerprint density at radius 2 is 1.74 bits per heavy atom. The lowest BCUT2D eigenvalue weighted by Gasteiger charge is -2.30. The zero-order chi connectivity index (χ0) is 17.0. The van der Waals surface area contributed by atoms with Crippen LogP contribution in [0.2, 0.25) is 0 Å². The highest BCUT2D eigenvalue weighted by molar-refractivity contribution is 6.25. The van der Waals surface area contributed by atoms with Crippen LogP contribution in [-0.2, 0) is 9.80 Å². The maximum atomic E-state index is 14.2. The predicted octanol–water partition coefficient (Wildman–Crippen LogP) is 5.54. The Hall–Kier alpha value is -1.85. The average molecular weight is 345 g/mol. The summed E-state index contributed by atoms with van der Waals surface area (Å²) < 4.78 is 59.7. The molecule has 0 N–H and O–H groups in total. The minimum absolute atomic E-state index is 0.142. The molecule has 0 amide bonds. The Kier molecular flexibility index (Phi) is 5.44. The number of halogens is 5. The van der Waals surface area contributed by atoms with Crippen molar-refractivity contribution < 1.29 is 22.3 Å². The van der Waals surface area contributed by atoms with Crippen molar-refractivity contribution in [2.75, 3.05) is 6.61 Å². The summed E-state index contributed by atoms with van der Waals surface area (Å²) >= 11 is 6.39. The van der Waals surface area contributed by atoms with E-state index >= 15 is 0 Å². The zero-order valence-electron chi connectivity index (χ0n) is 11.9. The lowest BCUT2D eigenvalue weighted by Crippen LogP contribution is -2.28. The predicted molar refractivity (Wildman–Crippen MR) is 80.5 cm³/mol. The lowest BCUT2D eigenvalue weighted by molar-refractivity contribution is 0.0592. The van der Waals surface area contributed by atoms with Crippen LogP contribution in [0, 0.1) is 11.6 Å². The van der Waals surface area contributed by atoms with Gasteiger partial charge in [0.25, 0.3) is 6.43 Å². The van der Waals surface area contributed by atoms with Gasteiger partial charge in [0.2, 0.25) is 0 Å². The molecule has 0 aromatic heterocycles. The van der Waals surface area contributed by atoms with E-state index in [-0.39, 0.29) is 17.7 Å². The smallest absolute Gasteiger partial charge is 0.264 e. The van der Waals surface area contributed by atoms with Gasteiger partial charge in [0, 0.05) is 16.7 Å². The molecule has 0 aliphatic heterocycles. The van der Waals surface area contributed by atoms with Crippen molar-refractivity contribution in [1.29, 1.82) is 0 Å². The molecule has 2 aromatic carbocycles. The number of ether oxygens (including phenoxy) is 1. The fraction of sp³-hybridized carbons (Fsp3) is 0.176. The number of rotatable bonds is 6. The molecule has 0 radical (unpaired) electrons. The van der Waals surface area contributed by atoms with Gasteiger partial charge in [0.15, 0.2) is 16.7 Å². The first-order valence-electron chi connectivity index (χ1n) is 6.67. The Morgan fingerprint density at radius 1 is 1.09 bits per heavy atom. The van der Waals surface area contributed by atoms with Crippen LogP contribution in [0.15, 0.2) is 55.1 Å². The van der Waals surface area contributed by atoms with E-state index in [4.69, 9.17) is 16.3 Å². The van der Waals surface area contributed by atoms with Crippen molar-refractivity contribution in [1.82, 2.24) is 0 Å². The number of alkyl halides is 3. The molecule has 1 unspecified atom stereocenters. The largest absolute Gasteiger partial charge is 0.347 e. The number of benzene rings is 2. The Balaban J connectivity index is 2.70. The van der Waals surface area contributed by atoms with E-state index in [1.807, 2.05) is 0 Å². The summed E-state index contributed by atoms with van der Waals surface area (Å²) in [6.07, 6.45) is -1.52. The molecular formula is C17H13ClF4O. The second-order valence-electron chi connectivity index (χ2n) is 4.68. The van der Waals surface area contributed by atoms with E-state index in [1.165, 1.54) is 36.4 Å². The highest BCUT2D eigenvalue weighted by atomic mass is 35.5. The van der Waals surface area contributed by atoms with Gasteiger partial charge in [-0.15, -0.1) is 6.58 Å². The standard InChI is InChI=1S/C17H13ClF4O/c1-2-10-23-17(18,13-8-5-9-14(19)15(13)20)12-7-4-3-6-11(12)16(21)22/h2-9,16H,1,10H2. The lowest BCUT2D eigenvalue weighted by atomic mass is 9.95. The van der Waals surface area contributed by atoms with Crippen molar-refractivity contribution >= 4 is 11.6 Å². The summed E-state index contributed by atoms with van der Waals surface area (Å²) in [4.78, 5) is 0. The second kappa shape index (κ2) is 7.15. The minimum Gasteiger partial charge on any atom is -0.347 e. The first-order valence-corrected chi connectivity index (χ1v) is 7.05. The van der Waals surface area contributed by atoms with Crippen LogP contribution in [-0.4, -0.2) is 6.61 Å². The van der Waals surface area contributed by atoms with Gasteiger partial charge >= 0.3 is 0 Å². The van der Waals surface area contributed by atoms with Gasteiger partial charge in [-0.05, 0) is 6.07 Å². The first-order chi connectivity index (χ1) is 10.9. The molecular weight excluding hydrogens is 332 g/mol. The fourth-order valence-electron chi connectivity index (χ4n) is 2.21. The van der Waals surface area contributed by atoms with Crippen molar-refractivity contribution in [3.05, 3.63) is 83.4 Å². The molecule has 0 saturated heterocycles. The van der Waals surface area contributed by atoms with Gasteiger partial charge in [0.05, 0.1) is 6.61 Å². The second-order valence-corrected chi connectivity index (χ2v) is 5.22. The number of hydrogen-bond donors (Lipinski definition) is 0. The summed E-state index contributed by atoms with van der Waals surface area (Å²) in [5.74, 6) is -2.40. The maximum Gasteiger partial charge on any atom is 0.264 e. The third kappa shape index (κ3) is 3.41. The van der Waals surface area contributed by atoms with Gasteiger partial charge in [-0.25, -0.2) is 17.6 Å². The molecule has 0 saturated carbocycles. The minimum atomic E-state index is -2.85. The van der Waals surface area contributed by atoms with Crippen molar-refractivity contribution in [3.8, 4) is 0 Å². The Labute approximate surface area is 136 Å². The van der Waals surface area contributed by atoms with Crippen LogP contribution >= 0.6 is 11.6 Å². The summed E-state index contributed by atoms with van der Waals surface area (Å²) in [5, 5.41) is -2.10. The summed E-state index contributed by atoms with van der Waals surface area (Å²) in [6, 6.07) is 8.64. The van der Waals surface area contributed by atoms with E-state index in [9.17, 15) is 17.6 Å². The zero-order valence-corrected chi connectivity index (χ0v) is 12.7. The van der Waals surface area contributed by atoms with Crippen molar-refractivity contribution in [3.63, 3.8) is 0 Å². The van der Waals surface area contributed by atoms with E-state index in [1.54, 1.807) is 0 Å². The molecule has 0 aliphatic rings. The number of hydrogen-bond acceptors (Lipinski definition) is 1. The summed E-state index contributed by atoms with van der Waals surface area (Å²) in [6.45, 7) is 3.31. The molecule has 2 aromatic rings.